The van der Waals surface area contributed by atoms with E-state index >= 15 is 0 Å². The number of hydrogen-bond donors (Lipinski definition) is 2. The number of alkyl halides is 3. The molecule has 3 aromatic rings. The number of nitrogens with zero attached hydrogens (tertiary/aromatic N) is 1. The van der Waals surface area contributed by atoms with Crippen LogP contribution in [-0.2, 0) is 21.4 Å². The van der Waals surface area contributed by atoms with Gasteiger partial charge in [-0.25, -0.2) is 18.2 Å². The average Bonchev–Trinajstić information content (AvgIpc) is 3.16. The Morgan fingerprint density at radius 3 is 2.47 bits per heavy atom. The van der Waals surface area contributed by atoms with Crippen molar-refractivity contribution in [1.29, 1.82) is 0 Å². The second-order valence-electron chi connectivity index (χ2n) is 6.71. The highest BCUT2D eigenvalue weighted by atomic mass is 32.2. The molecule has 1 atom stereocenters. The van der Waals surface area contributed by atoms with Crippen molar-refractivity contribution < 1.29 is 36.2 Å². The molecule has 7 nitrogen and oxygen atoms in total. The van der Waals surface area contributed by atoms with Crippen molar-refractivity contribution in [2.45, 2.75) is 37.6 Å². The van der Waals surface area contributed by atoms with E-state index in [0.29, 0.717) is 15.8 Å². The number of carbonyl (C=O) groups is 1. The molecular weight excluding hydrogens is 469 g/mol. The van der Waals surface area contributed by atoms with Gasteiger partial charge in [0.2, 0.25) is 15.0 Å². The molecule has 2 N–H and O–H groups in total. The number of ether oxygens (including phenoxy) is 1. The lowest BCUT2D eigenvalue weighted by molar-refractivity contribution is -0.147. The van der Waals surface area contributed by atoms with Crippen molar-refractivity contribution in [1.82, 2.24) is 9.71 Å². The molecule has 0 spiro atoms. The average molecular weight is 489 g/mol. The van der Waals surface area contributed by atoms with Gasteiger partial charge in [0, 0.05) is 10.9 Å². The van der Waals surface area contributed by atoms with E-state index in [2.05, 4.69) is 4.98 Å². The number of carbonyl (C=O) groups excluding carboxylic acids is 1. The van der Waals surface area contributed by atoms with E-state index in [1.165, 1.54) is 18.2 Å². The molecule has 12 heteroatoms. The predicted molar refractivity (Wildman–Crippen MR) is 113 cm³/mol. The zero-order valence-electron chi connectivity index (χ0n) is 16.9. The molecule has 0 amide bonds. The number of halogens is 3. The van der Waals surface area contributed by atoms with Gasteiger partial charge in [0.25, 0.3) is 0 Å². The smallest absolute Gasteiger partial charge is 0.404 e. The third-order valence-electron chi connectivity index (χ3n) is 4.54. The van der Waals surface area contributed by atoms with Crippen LogP contribution < -0.4 is 4.72 Å². The summed E-state index contributed by atoms with van der Waals surface area (Å²) in [6.45, 7) is 2.01. The first-order valence-corrected chi connectivity index (χ1v) is 11.7. The minimum Gasteiger partial charge on any atom is -0.461 e. The van der Waals surface area contributed by atoms with Gasteiger partial charge in [-0.05, 0) is 25.3 Å². The van der Waals surface area contributed by atoms with Crippen molar-refractivity contribution in [3.8, 4) is 10.4 Å². The van der Waals surface area contributed by atoms with Crippen molar-refractivity contribution in [3.63, 3.8) is 0 Å². The molecule has 0 aliphatic heterocycles. The summed E-state index contributed by atoms with van der Waals surface area (Å²) in [5.74, 6) is -0.660. The number of benzene rings is 2. The third-order valence-corrected chi connectivity index (χ3v) is 7.25. The highest BCUT2D eigenvalue weighted by Gasteiger charge is 2.39. The molecule has 32 heavy (non-hydrogen) atoms. The topological polar surface area (TPSA) is 106 Å². The monoisotopic (exact) mass is 488 g/mol. The lowest BCUT2D eigenvalue weighted by Gasteiger charge is -2.18. The van der Waals surface area contributed by atoms with Crippen LogP contribution in [-0.4, -0.2) is 43.3 Å². The predicted octanol–water partition coefficient (Wildman–Crippen LogP) is 3.86. The normalized spacial score (nSPS) is 13.3. The molecule has 1 heterocycles. The van der Waals surface area contributed by atoms with Crippen LogP contribution in [0.5, 0.6) is 0 Å². The van der Waals surface area contributed by atoms with Crippen LogP contribution in [0.3, 0.4) is 0 Å². The number of esters is 1. The zero-order chi connectivity index (χ0) is 23.7. The second kappa shape index (κ2) is 9.14. The van der Waals surface area contributed by atoms with E-state index in [1.54, 1.807) is 29.8 Å². The first kappa shape index (κ1) is 24.1. The first-order chi connectivity index (χ1) is 15.0. The number of aromatic nitrogens is 1. The molecule has 3 rings (SSSR count). The zero-order valence-corrected chi connectivity index (χ0v) is 18.6. The van der Waals surface area contributed by atoms with Gasteiger partial charge in [-0.1, -0.05) is 30.3 Å². The maximum absolute atomic E-state index is 12.9. The van der Waals surface area contributed by atoms with E-state index in [9.17, 15) is 31.5 Å². The summed E-state index contributed by atoms with van der Waals surface area (Å²) in [5, 5.41) is 10.3. The molecule has 0 saturated carbocycles. The maximum atomic E-state index is 12.9. The lowest BCUT2D eigenvalue weighted by Crippen LogP contribution is -2.43. The fourth-order valence-corrected chi connectivity index (χ4v) is 5.46. The van der Waals surface area contributed by atoms with Gasteiger partial charge in [0.1, 0.15) is 6.04 Å². The van der Waals surface area contributed by atoms with E-state index in [4.69, 9.17) is 4.74 Å². The number of fused-ring (bicyclic) bond motifs is 1. The molecule has 2 aromatic carbocycles. The standard InChI is InChI=1S/C20H19F3N2O5S2/c1-3-30-19(27)18-24-15(10-26)17(31-18)14-8-9-16(13-7-5-4-6-12(13)14)32(28,29)25-11(2)20(21,22)23/h4-9,11,25-26H,3,10H2,1-2H3/t11-/m0/s1. The van der Waals surface area contributed by atoms with Crippen LogP contribution in [0.4, 0.5) is 13.2 Å². The van der Waals surface area contributed by atoms with Crippen LogP contribution >= 0.6 is 11.3 Å². The molecule has 1 aromatic heterocycles. The highest BCUT2D eigenvalue weighted by Crippen LogP contribution is 2.38. The Bertz CT molecular complexity index is 1260. The summed E-state index contributed by atoms with van der Waals surface area (Å²) >= 11 is 0.968. The number of rotatable bonds is 7. The van der Waals surface area contributed by atoms with Gasteiger partial charge in [-0.3, -0.25) is 0 Å². The fourth-order valence-electron chi connectivity index (χ4n) is 3.02. The molecule has 0 saturated heterocycles. The van der Waals surface area contributed by atoms with E-state index in [1.807, 2.05) is 0 Å². The van der Waals surface area contributed by atoms with E-state index in [-0.39, 0.29) is 27.6 Å². The SMILES string of the molecule is CCOC(=O)c1nc(CO)c(-c2ccc(S(=O)(=O)N[C@@H](C)C(F)(F)F)c3ccccc23)s1. The Morgan fingerprint density at radius 1 is 1.22 bits per heavy atom. The summed E-state index contributed by atoms with van der Waals surface area (Å²) in [6, 6.07) is 6.59. The second-order valence-corrected chi connectivity index (χ2v) is 9.40. The van der Waals surface area contributed by atoms with E-state index < -0.39 is 34.8 Å². The minimum absolute atomic E-state index is 0.0207. The summed E-state index contributed by atoms with van der Waals surface area (Å²) in [5.41, 5.74) is 0.670. The Kier molecular flexibility index (Phi) is 6.89. The van der Waals surface area contributed by atoms with Gasteiger partial charge < -0.3 is 9.84 Å². The molecule has 0 bridgehead atoms. The molecule has 0 radical (unpaired) electrons. The molecule has 0 fully saturated rings. The van der Waals surface area contributed by atoms with Crippen LogP contribution in [0.15, 0.2) is 41.3 Å². The number of aliphatic hydroxyl groups is 1. The van der Waals surface area contributed by atoms with Gasteiger partial charge in [0.15, 0.2) is 0 Å². The third kappa shape index (κ3) is 4.77. The molecule has 172 valence electrons. The summed E-state index contributed by atoms with van der Waals surface area (Å²) in [4.78, 5) is 16.3. The lowest BCUT2D eigenvalue weighted by atomic mass is 10.0. The number of hydrogen-bond acceptors (Lipinski definition) is 7. The maximum Gasteiger partial charge on any atom is 0.404 e. The van der Waals surface area contributed by atoms with Gasteiger partial charge in [-0.15, -0.1) is 11.3 Å². The summed E-state index contributed by atoms with van der Waals surface area (Å²) in [7, 11) is -4.51. The van der Waals surface area contributed by atoms with Crippen molar-refractivity contribution in [3.05, 3.63) is 47.1 Å². The van der Waals surface area contributed by atoms with E-state index in [0.717, 1.165) is 18.3 Å². The van der Waals surface area contributed by atoms with Crippen LogP contribution in [0.1, 0.15) is 29.3 Å². The summed E-state index contributed by atoms with van der Waals surface area (Å²) < 4.78 is 70.8. The van der Waals surface area contributed by atoms with Crippen LogP contribution in [0.2, 0.25) is 0 Å². The molecular formula is C20H19F3N2O5S2. The Hall–Kier alpha value is -2.54. The molecule has 0 unspecified atom stereocenters. The summed E-state index contributed by atoms with van der Waals surface area (Å²) in [6.07, 6.45) is -4.75. The Morgan fingerprint density at radius 2 is 1.88 bits per heavy atom. The fraction of sp³-hybridized carbons (Fsp3) is 0.300. The number of sulfonamides is 1. The minimum atomic E-state index is -4.75. The van der Waals surface area contributed by atoms with Crippen molar-refractivity contribution in [2.24, 2.45) is 0 Å². The van der Waals surface area contributed by atoms with Gasteiger partial charge >= 0.3 is 12.1 Å². The van der Waals surface area contributed by atoms with Crippen LogP contribution in [0.25, 0.3) is 21.2 Å². The molecule has 0 aliphatic carbocycles. The molecule has 0 aliphatic rings. The van der Waals surface area contributed by atoms with Crippen LogP contribution in [0, 0.1) is 0 Å². The highest BCUT2D eigenvalue weighted by molar-refractivity contribution is 7.89. The van der Waals surface area contributed by atoms with Gasteiger partial charge in [-0.2, -0.15) is 17.9 Å². The number of aliphatic hydroxyl groups excluding tert-OH is 1. The van der Waals surface area contributed by atoms with Gasteiger partial charge in [0.05, 0.1) is 28.7 Å². The Labute approximate surface area is 185 Å². The Balaban J connectivity index is 2.15. The largest absolute Gasteiger partial charge is 0.461 e. The number of thiazole rings is 1. The first-order valence-electron chi connectivity index (χ1n) is 9.38. The van der Waals surface area contributed by atoms with Crippen molar-refractivity contribution >= 4 is 38.1 Å². The number of nitrogens with one attached hydrogen (secondary N) is 1. The quantitative estimate of drug-likeness (QED) is 0.490. The van der Waals surface area contributed by atoms with Crippen molar-refractivity contribution in [2.75, 3.05) is 6.61 Å².